The van der Waals surface area contributed by atoms with Gasteiger partial charge >= 0.3 is 0 Å². The molecule has 0 radical (unpaired) electrons. The monoisotopic (exact) mass is 129 g/mol. The first kappa shape index (κ1) is 7.03. The highest BCUT2D eigenvalue weighted by molar-refractivity contribution is 4.70. The van der Waals surface area contributed by atoms with Gasteiger partial charge < -0.3 is 10.5 Å². The Hall–Kier alpha value is -0.0800. The van der Waals surface area contributed by atoms with Crippen molar-refractivity contribution in [3.05, 3.63) is 0 Å². The SMILES string of the molecule is C[C@H](N)C1CCCOC1. The van der Waals surface area contributed by atoms with Gasteiger partial charge in [-0.05, 0) is 25.7 Å². The molecule has 0 aromatic heterocycles. The van der Waals surface area contributed by atoms with Crippen molar-refractivity contribution in [1.29, 1.82) is 0 Å². The zero-order valence-corrected chi connectivity index (χ0v) is 5.97. The molecule has 54 valence electrons. The van der Waals surface area contributed by atoms with Crippen LogP contribution in [0.25, 0.3) is 0 Å². The van der Waals surface area contributed by atoms with Crippen molar-refractivity contribution in [2.24, 2.45) is 11.7 Å². The molecular formula is C7H15NO. The van der Waals surface area contributed by atoms with E-state index in [4.69, 9.17) is 10.5 Å². The van der Waals surface area contributed by atoms with Crippen LogP contribution in [-0.2, 0) is 4.74 Å². The first-order chi connectivity index (χ1) is 4.30. The molecule has 2 heteroatoms. The highest BCUT2D eigenvalue weighted by atomic mass is 16.5. The molecule has 0 spiro atoms. The van der Waals surface area contributed by atoms with E-state index in [0.717, 1.165) is 13.2 Å². The van der Waals surface area contributed by atoms with Gasteiger partial charge in [-0.25, -0.2) is 0 Å². The Bertz CT molecular complexity index is 77.0. The molecule has 1 fully saturated rings. The minimum Gasteiger partial charge on any atom is -0.381 e. The maximum atomic E-state index is 5.69. The molecule has 0 aromatic rings. The zero-order valence-electron chi connectivity index (χ0n) is 5.97. The lowest BCUT2D eigenvalue weighted by atomic mass is 9.96. The Kier molecular flexibility index (Phi) is 2.49. The fourth-order valence-corrected chi connectivity index (χ4v) is 1.18. The van der Waals surface area contributed by atoms with Crippen LogP contribution in [0.15, 0.2) is 0 Å². The van der Waals surface area contributed by atoms with E-state index < -0.39 is 0 Å². The van der Waals surface area contributed by atoms with E-state index in [0.29, 0.717) is 12.0 Å². The first-order valence-corrected chi connectivity index (χ1v) is 3.64. The first-order valence-electron chi connectivity index (χ1n) is 3.64. The van der Waals surface area contributed by atoms with Crippen LogP contribution in [-0.4, -0.2) is 19.3 Å². The Morgan fingerprint density at radius 3 is 2.78 bits per heavy atom. The standard InChI is InChI=1S/C7H15NO/c1-6(8)7-3-2-4-9-5-7/h6-7H,2-5,8H2,1H3/t6-,7?/m0/s1. The summed E-state index contributed by atoms with van der Waals surface area (Å²) < 4.78 is 5.26. The van der Waals surface area contributed by atoms with Crippen LogP contribution in [0.1, 0.15) is 19.8 Å². The Morgan fingerprint density at radius 1 is 1.67 bits per heavy atom. The van der Waals surface area contributed by atoms with Gasteiger partial charge in [-0.15, -0.1) is 0 Å². The van der Waals surface area contributed by atoms with Gasteiger partial charge in [0.25, 0.3) is 0 Å². The summed E-state index contributed by atoms with van der Waals surface area (Å²) >= 11 is 0. The molecule has 0 bridgehead atoms. The van der Waals surface area contributed by atoms with Crippen LogP contribution < -0.4 is 5.73 Å². The topological polar surface area (TPSA) is 35.2 Å². The van der Waals surface area contributed by atoms with Crippen molar-refractivity contribution in [2.45, 2.75) is 25.8 Å². The van der Waals surface area contributed by atoms with Gasteiger partial charge in [0.1, 0.15) is 0 Å². The highest BCUT2D eigenvalue weighted by Gasteiger charge is 2.16. The van der Waals surface area contributed by atoms with E-state index in [1.54, 1.807) is 0 Å². The Labute approximate surface area is 56.4 Å². The van der Waals surface area contributed by atoms with Crippen LogP contribution in [0.2, 0.25) is 0 Å². The normalized spacial score (nSPS) is 32.0. The minimum atomic E-state index is 0.310. The summed E-state index contributed by atoms with van der Waals surface area (Å²) in [5, 5.41) is 0. The molecule has 1 rings (SSSR count). The molecule has 0 aromatic carbocycles. The number of hydrogen-bond acceptors (Lipinski definition) is 2. The van der Waals surface area contributed by atoms with Gasteiger partial charge in [0.2, 0.25) is 0 Å². The van der Waals surface area contributed by atoms with Crippen LogP contribution >= 0.6 is 0 Å². The summed E-state index contributed by atoms with van der Waals surface area (Å²) in [4.78, 5) is 0. The van der Waals surface area contributed by atoms with Gasteiger partial charge in [-0.2, -0.15) is 0 Å². The lowest BCUT2D eigenvalue weighted by Gasteiger charge is -2.24. The second kappa shape index (κ2) is 3.18. The summed E-state index contributed by atoms with van der Waals surface area (Å²) in [7, 11) is 0. The van der Waals surface area contributed by atoms with Crippen LogP contribution in [0.5, 0.6) is 0 Å². The van der Waals surface area contributed by atoms with Crippen molar-refractivity contribution in [1.82, 2.24) is 0 Å². The van der Waals surface area contributed by atoms with Crippen molar-refractivity contribution >= 4 is 0 Å². The molecule has 1 saturated heterocycles. The van der Waals surface area contributed by atoms with Gasteiger partial charge in [-0.3, -0.25) is 0 Å². The molecule has 2 atom stereocenters. The molecule has 2 N–H and O–H groups in total. The maximum absolute atomic E-state index is 5.69. The van der Waals surface area contributed by atoms with Gasteiger partial charge in [-0.1, -0.05) is 0 Å². The fraction of sp³-hybridized carbons (Fsp3) is 1.00. The van der Waals surface area contributed by atoms with E-state index in [-0.39, 0.29) is 0 Å². The van der Waals surface area contributed by atoms with E-state index in [1.807, 2.05) is 0 Å². The van der Waals surface area contributed by atoms with Crippen LogP contribution in [0.3, 0.4) is 0 Å². The van der Waals surface area contributed by atoms with E-state index in [2.05, 4.69) is 6.92 Å². The average Bonchev–Trinajstić information content (AvgIpc) is 1.90. The minimum absolute atomic E-state index is 0.310. The quantitative estimate of drug-likeness (QED) is 0.567. The van der Waals surface area contributed by atoms with Crippen molar-refractivity contribution < 1.29 is 4.74 Å². The summed E-state index contributed by atoms with van der Waals surface area (Å²) in [5.74, 6) is 0.610. The molecular weight excluding hydrogens is 114 g/mol. The predicted octanol–water partition coefficient (Wildman–Crippen LogP) is 0.760. The van der Waals surface area contributed by atoms with Gasteiger partial charge in [0.05, 0.1) is 6.61 Å². The Morgan fingerprint density at radius 2 is 2.44 bits per heavy atom. The average molecular weight is 129 g/mol. The summed E-state index contributed by atoms with van der Waals surface area (Å²) in [6, 6.07) is 0.310. The molecule has 0 aliphatic carbocycles. The fourth-order valence-electron chi connectivity index (χ4n) is 1.18. The third kappa shape index (κ3) is 1.95. The molecule has 2 nitrogen and oxygen atoms in total. The number of rotatable bonds is 1. The smallest absolute Gasteiger partial charge is 0.0508 e. The summed E-state index contributed by atoms with van der Waals surface area (Å²) in [6.07, 6.45) is 2.43. The van der Waals surface area contributed by atoms with Gasteiger partial charge in [0.15, 0.2) is 0 Å². The number of hydrogen-bond donors (Lipinski definition) is 1. The van der Waals surface area contributed by atoms with Crippen LogP contribution in [0, 0.1) is 5.92 Å². The molecule has 9 heavy (non-hydrogen) atoms. The largest absolute Gasteiger partial charge is 0.381 e. The highest BCUT2D eigenvalue weighted by Crippen LogP contribution is 2.15. The van der Waals surface area contributed by atoms with E-state index >= 15 is 0 Å². The van der Waals surface area contributed by atoms with E-state index in [9.17, 15) is 0 Å². The number of ether oxygens (including phenoxy) is 1. The van der Waals surface area contributed by atoms with E-state index in [1.165, 1.54) is 12.8 Å². The molecule has 0 amide bonds. The second-order valence-corrected chi connectivity index (χ2v) is 2.84. The summed E-state index contributed by atoms with van der Waals surface area (Å²) in [6.45, 7) is 3.86. The lowest BCUT2D eigenvalue weighted by Crippen LogP contribution is -2.33. The second-order valence-electron chi connectivity index (χ2n) is 2.84. The third-order valence-corrected chi connectivity index (χ3v) is 1.94. The predicted molar refractivity (Wildman–Crippen MR) is 37.2 cm³/mol. The van der Waals surface area contributed by atoms with Gasteiger partial charge in [0, 0.05) is 12.6 Å². The van der Waals surface area contributed by atoms with Crippen molar-refractivity contribution in [3.63, 3.8) is 0 Å². The molecule has 1 unspecified atom stereocenters. The third-order valence-electron chi connectivity index (χ3n) is 1.94. The van der Waals surface area contributed by atoms with Crippen LogP contribution in [0.4, 0.5) is 0 Å². The summed E-state index contributed by atoms with van der Waals surface area (Å²) in [5.41, 5.74) is 5.69. The zero-order chi connectivity index (χ0) is 6.69. The molecule has 1 aliphatic rings. The molecule has 1 heterocycles. The Balaban J connectivity index is 2.23. The van der Waals surface area contributed by atoms with Crippen molar-refractivity contribution in [2.75, 3.05) is 13.2 Å². The van der Waals surface area contributed by atoms with Crippen molar-refractivity contribution in [3.8, 4) is 0 Å². The maximum Gasteiger partial charge on any atom is 0.0508 e. The number of nitrogens with two attached hydrogens (primary N) is 1. The molecule has 0 saturated carbocycles. The lowest BCUT2D eigenvalue weighted by molar-refractivity contribution is 0.0472. The molecule has 1 aliphatic heterocycles.